The maximum absolute atomic E-state index is 14.9. The van der Waals surface area contributed by atoms with Crippen molar-refractivity contribution in [3.05, 3.63) is 53.4 Å². The molecule has 0 aliphatic carbocycles. The average molecular weight is 435 g/mol. The van der Waals surface area contributed by atoms with E-state index in [1.54, 1.807) is 0 Å². The first kappa shape index (κ1) is 21.0. The number of aliphatic imine (C=N–C) groups is 1. The molecule has 0 saturated carbocycles. The maximum Gasteiger partial charge on any atom is 0.283 e. The highest BCUT2D eigenvalue weighted by atomic mass is 19.3. The van der Waals surface area contributed by atoms with E-state index in [1.165, 1.54) is 18.2 Å². The number of aromatic nitrogens is 2. The van der Waals surface area contributed by atoms with E-state index in [2.05, 4.69) is 20.3 Å². The number of amides is 1. The second kappa shape index (κ2) is 7.80. The maximum atomic E-state index is 14.9. The topological polar surface area (TPSA) is 112 Å². The summed E-state index contributed by atoms with van der Waals surface area (Å²) in [4.78, 5) is 24.1. The predicted molar refractivity (Wildman–Crippen MR) is 104 cm³/mol. The standard InChI is InChI=1S/C20H20F3N5O3/c1-9-16-10(2)31-19(24)28-20(16,8-30-9)12-5-11(3-4-13(12)21)27-18(29)15-7-25-14(6-26-15)17(22)23/h3-7,9-10,16-17H,8H2,1-2H3,(H2,24,28)(H,27,29)/t9?,10-,16?,20?/m1/s1. The fourth-order valence-corrected chi connectivity index (χ4v) is 4.23. The summed E-state index contributed by atoms with van der Waals surface area (Å²) >= 11 is 0. The number of carbonyl (C=O) groups is 1. The van der Waals surface area contributed by atoms with Gasteiger partial charge in [-0.25, -0.2) is 23.1 Å². The number of fused-ring (bicyclic) bond motifs is 1. The molecule has 31 heavy (non-hydrogen) atoms. The van der Waals surface area contributed by atoms with E-state index in [4.69, 9.17) is 15.2 Å². The van der Waals surface area contributed by atoms with Crippen LogP contribution in [0.4, 0.5) is 18.9 Å². The summed E-state index contributed by atoms with van der Waals surface area (Å²) in [5.41, 5.74) is 4.51. The van der Waals surface area contributed by atoms with E-state index >= 15 is 0 Å². The molecule has 1 fully saturated rings. The van der Waals surface area contributed by atoms with Crippen molar-refractivity contribution in [2.24, 2.45) is 16.6 Å². The summed E-state index contributed by atoms with van der Waals surface area (Å²) in [7, 11) is 0. The first-order valence-corrected chi connectivity index (χ1v) is 9.56. The first-order valence-electron chi connectivity index (χ1n) is 9.56. The molecule has 164 valence electrons. The summed E-state index contributed by atoms with van der Waals surface area (Å²) in [6.07, 6.45) is -1.63. The highest BCUT2D eigenvalue weighted by Gasteiger charge is 2.56. The van der Waals surface area contributed by atoms with Gasteiger partial charge in [-0.1, -0.05) is 0 Å². The van der Waals surface area contributed by atoms with Gasteiger partial charge in [-0.15, -0.1) is 0 Å². The van der Waals surface area contributed by atoms with Crippen LogP contribution in [0, 0.1) is 11.7 Å². The molecule has 3 N–H and O–H groups in total. The highest BCUT2D eigenvalue weighted by Crippen LogP contribution is 2.48. The Morgan fingerprint density at radius 1 is 1.26 bits per heavy atom. The number of benzene rings is 1. The fourth-order valence-electron chi connectivity index (χ4n) is 4.23. The third-order valence-electron chi connectivity index (χ3n) is 5.56. The molecule has 2 aliphatic rings. The second-order valence-electron chi connectivity index (χ2n) is 7.52. The zero-order chi connectivity index (χ0) is 22.3. The number of nitrogens with zero attached hydrogens (tertiary/aromatic N) is 3. The van der Waals surface area contributed by atoms with E-state index in [0.29, 0.717) is 0 Å². The fraction of sp³-hybridized carbons (Fsp3) is 0.400. The molecule has 0 spiro atoms. The van der Waals surface area contributed by atoms with Crippen LogP contribution >= 0.6 is 0 Å². The number of anilines is 1. The Balaban J connectivity index is 1.66. The molecule has 4 atom stereocenters. The lowest BCUT2D eigenvalue weighted by atomic mass is 9.75. The van der Waals surface area contributed by atoms with Crippen molar-refractivity contribution >= 4 is 17.6 Å². The molecule has 4 rings (SSSR count). The molecule has 11 heteroatoms. The van der Waals surface area contributed by atoms with Crippen LogP contribution in [0.25, 0.3) is 0 Å². The lowest BCUT2D eigenvalue weighted by molar-refractivity contribution is 0.0417. The Bertz CT molecular complexity index is 1030. The zero-order valence-electron chi connectivity index (χ0n) is 16.7. The molecule has 2 aromatic rings. The Morgan fingerprint density at radius 3 is 2.71 bits per heavy atom. The summed E-state index contributed by atoms with van der Waals surface area (Å²) in [5, 5.41) is 2.58. The van der Waals surface area contributed by atoms with Gasteiger partial charge in [0, 0.05) is 11.3 Å². The lowest BCUT2D eigenvalue weighted by Gasteiger charge is -2.39. The van der Waals surface area contributed by atoms with E-state index in [1.807, 2.05) is 13.8 Å². The highest BCUT2D eigenvalue weighted by molar-refractivity contribution is 6.02. The first-order chi connectivity index (χ1) is 14.7. The molecule has 3 unspecified atom stereocenters. The Hall–Kier alpha value is -3.21. The van der Waals surface area contributed by atoms with Crippen LogP contribution in [0.5, 0.6) is 0 Å². The van der Waals surface area contributed by atoms with E-state index < -0.39 is 29.4 Å². The van der Waals surface area contributed by atoms with Gasteiger partial charge < -0.3 is 20.5 Å². The number of hydrogen-bond acceptors (Lipinski definition) is 7. The molecular formula is C20H20F3N5O3. The number of alkyl halides is 2. The summed E-state index contributed by atoms with van der Waals surface area (Å²) in [6, 6.07) is 3.97. The minimum Gasteiger partial charge on any atom is -0.462 e. The van der Waals surface area contributed by atoms with Crippen molar-refractivity contribution in [1.82, 2.24) is 9.97 Å². The largest absolute Gasteiger partial charge is 0.462 e. The quantitative estimate of drug-likeness (QED) is 0.764. The monoisotopic (exact) mass is 435 g/mol. The van der Waals surface area contributed by atoms with Crippen molar-refractivity contribution in [2.75, 3.05) is 11.9 Å². The molecule has 0 radical (unpaired) electrons. The normalized spacial score (nSPS) is 27.4. The molecular weight excluding hydrogens is 415 g/mol. The van der Waals surface area contributed by atoms with Gasteiger partial charge in [0.2, 0.25) is 0 Å². The van der Waals surface area contributed by atoms with Gasteiger partial charge in [0.1, 0.15) is 28.8 Å². The smallest absolute Gasteiger partial charge is 0.283 e. The lowest BCUT2D eigenvalue weighted by Crippen LogP contribution is -2.49. The van der Waals surface area contributed by atoms with Crippen LogP contribution in [0.1, 0.15) is 42.0 Å². The molecule has 0 bridgehead atoms. The molecule has 1 amide bonds. The number of hydrogen-bond donors (Lipinski definition) is 2. The Labute approximate surface area is 175 Å². The van der Waals surface area contributed by atoms with Crippen LogP contribution in [0.3, 0.4) is 0 Å². The minimum atomic E-state index is -2.79. The third kappa shape index (κ3) is 3.69. The Morgan fingerprint density at radius 2 is 2.03 bits per heavy atom. The van der Waals surface area contributed by atoms with Crippen molar-refractivity contribution in [3.8, 4) is 0 Å². The number of carbonyl (C=O) groups excluding carboxylic acids is 1. The van der Waals surface area contributed by atoms with Gasteiger partial charge in [-0.3, -0.25) is 9.78 Å². The average Bonchev–Trinajstić information content (AvgIpc) is 3.06. The van der Waals surface area contributed by atoms with Gasteiger partial charge in [0.05, 0.1) is 31.0 Å². The molecule has 1 saturated heterocycles. The molecule has 2 aliphatic heterocycles. The van der Waals surface area contributed by atoms with Crippen molar-refractivity contribution in [1.29, 1.82) is 0 Å². The predicted octanol–water partition coefficient (Wildman–Crippen LogP) is 2.77. The number of nitrogens with two attached hydrogens (primary N) is 1. The summed E-state index contributed by atoms with van der Waals surface area (Å²) in [6.45, 7) is 3.77. The number of nitrogens with one attached hydrogen (secondary N) is 1. The molecule has 8 nitrogen and oxygen atoms in total. The SMILES string of the molecule is CC1OCC2(c3cc(NC(=O)c4cnc(C(F)F)cn4)ccc3F)N=C(N)O[C@H](C)C12. The number of ether oxygens (including phenoxy) is 2. The van der Waals surface area contributed by atoms with E-state index in [0.717, 1.165) is 12.4 Å². The van der Waals surface area contributed by atoms with Crippen LogP contribution in [-0.4, -0.2) is 40.7 Å². The number of halogens is 3. The van der Waals surface area contributed by atoms with E-state index in [9.17, 15) is 18.0 Å². The van der Waals surface area contributed by atoms with Crippen LogP contribution in [0.2, 0.25) is 0 Å². The van der Waals surface area contributed by atoms with Gasteiger partial charge in [0.25, 0.3) is 18.4 Å². The van der Waals surface area contributed by atoms with Gasteiger partial charge >= 0.3 is 0 Å². The van der Waals surface area contributed by atoms with Gasteiger partial charge in [-0.05, 0) is 32.0 Å². The molecule has 1 aromatic carbocycles. The van der Waals surface area contributed by atoms with Crippen molar-refractivity contribution < 1.29 is 27.4 Å². The second-order valence-corrected chi connectivity index (χ2v) is 7.52. The van der Waals surface area contributed by atoms with Crippen LogP contribution in [0.15, 0.2) is 35.6 Å². The molecule has 3 heterocycles. The van der Waals surface area contributed by atoms with Crippen molar-refractivity contribution in [2.45, 2.75) is 38.0 Å². The number of rotatable bonds is 4. The Kier molecular flexibility index (Phi) is 5.29. The molecule has 1 aromatic heterocycles. The van der Waals surface area contributed by atoms with E-state index in [-0.39, 0.29) is 47.7 Å². The zero-order valence-corrected chi connectivity index (χ0v) is 16.7. The summed E-state index contributed by atoms with van der Waals surface area (Å²) in [5.74, 6) is -1.51. The third-order valence-corrected chi connectivity index (χ3v) is 5.56. The summed E-state index contributed by atoms with van der Waals surface area (Å²) < 4.78 is 51.5. The van der Waals surface area contributed by atoms with Gasteiger partial charge in [-0.2, -0.15) is 0 Å². The number of amidine groups is 1. The minimum absolute atomic E-state index is 0.0651. The van der Waals surface area contributed by atoms with Crippen molar-refractivity contribution in [3.63, 3.8) is 0 Å². The van der Waals surface area contributed by atoms with Gasteiger partial charge in [0.15, 0.2) is 0 Å². The van der Waals surface area contributed by atoms with Crippen LogP contribution in [-0.2, 0) is 15.0 Å². The van der Waals surface area contributed by atoms with Crippen LogP contribution < -0.4 is 11.1 Å².